The zero-order chi connectivity index (χ0) is 21.7. The number of aliphatic carboxylic acids is 1. The third kappa shape index (κ3) is 5.24. The first kappa shape index (κ1) is 21.5. The number of carboxylic acid groups (broad SMARTS) is 1. The van der Waals surface area contributed by atoms with E-state index in [0.29, 0.717) is 23.4 Å². The van der Waals surface area contributed by atoms with Gasteiger partial charge in [-0.1, -0.05) is 54.1 Å². The van der Waals surface area contributed by atoms with Crippen LogP contribution in [-0.2, 0) is 11.3 Å². The smallest absolute Gasteiger partial charge is 0.393 e. The average molecular weight is 427 g/mol. The van der Waals surface area contributed by atoms with Crippen LogP contribution in [0.4, 0.5) is 8.78 Å². The lowest BCUT2D eigenvalue weighted by atomic mass is 10.1. The van der Waals surface area contributed by atoms with Gasteiger partial charge in [-0.05, 0) is 48.5 Å². The average Bonchev–Trinajstić information content (AvgIpc) is 3.16. The first-order valence-electron chi connectivity index (χ1n) is 9.09. The monoisotopic (exact) mass is 427 g/mol. The molecule has 0 aliphatic heterocycles. The number of hydrogen-bond acceptors (Lipinski definition) is 3. The Morgan fingerprint density at radius 3 is 2.53 bits per heavy atom. The number of halogens is 2. The van der Waals surface area contributed by atoms with Crippen molar-refractivity contribution in [3.63, 3.8) is 0 Å². The number of carboxylic acids is 1. The van der Waals surface area contributed by atoms with Gasteiger partial charge >= 0.3 is 11.2 Å². The Morgan fingerprint density at radius 2 is 1.83 bits per heavy atom. The molecule has 0 amide bonds. The molecule has 0 saturated heterocycles. The molecule has 0 bridgehead atoms. The summed E-state index contributed by atoms with van der Waals surface area (Å²) in [5.74, 6) is -2.26. The number of hydrogen-bond donors (Lipinski definition) is 1. The van der Waals surface area contributed by atoms with Crippen molar-refractivity contribution in [1.82, 2.24) is 4.57 Å². The number of carbonyl (C=O) groups is 2. The highest BCUT2D eigenvalue weighted by Gasteiger charge is 2.40. The zero-order valence-corrected chi connectivity index (χ0v) is 16.9. The molecular weight excluding hydrogens is 408 g/mol. The second kappa shape index (κ2) is 9.09. The molecule has 0 atom stereocenters. The molecule has 4 nitrogen and oxygen atoms in total. The van der Waals surface area contributed by atoms with E-state index < -0.39 is 11.2 Å². The second-order valence-corrected chi connectivity index (χ2v) is 7.83. The predicted octanol–water partition coefficient (Wildman–Crippen LogP) is 5.51. The molecular formula is C23H19F2NO3S. The van der Waals surface area contributed by atoms with Crippen LogP contribution in [0, 0.1) is 6.92 Å². The fourth-order valence-electron chi connectivity index (χ4n) is 2.81. The van der Waals surface area contributed by atoms with Crippen molar-refractivity contribution in [1.29, 1.82) is 0 Å². The van der Waals surface area contributed by atoms with Crippen molar-refractivity contribution in [2.45, 2.75) is 23.6 Å². The summed E-state index contributed by atoms with van der Waals surface area (Å²) in [6.45, 7) is 2.38. The number of aryl methyl sites for hydroxylation is 1. The van der Waals surface area contributed by atoms with Crippen LogP contribution in [0.5, 0.6) is 0 Å². The number of benzene rings is 2. The molecule has 0 saturated carbocycles. The normalized spacial score (nSPS) is 11.7. The summed E-state index contributed by atoms with van der Waals surface area (Å²) in [6.07, 6.45) is 5.35. The van der Waals surface area contributed by atoms with Crippen molar-refractivity contribution < 1.29 is 23.5 Å². The number of ketones is 1. The Labute approximate surface area is 176 Å². The summed E-state index contributed by atoms with van der Waals surface area (Å²) >= 11 is -0.0123. The Bertz CT molecular complexity index is 1090. The predicted molar refractivity (Wildman–Crippen MR) is 113 cm³/mol. The lowest BCUT2D eigenvalue weighted by Crippen LogP contribution is -2.23. The molecule has 1 N–H and O–H groups in total. The van der Waals surface area contributed by atoms with Gasteiger partial charge in [0.25, 0.3) is 0 Å². The van der Waals surface area contributed by atoms with Crippen molar-refractivity contribution in [3.8, 4) is 0 Å². The molecule has 1 aromatic heterocycles. The van der Waals surface area contributed by atoms with Crippen LogP contribution in [0.1, 0.15) is 27.2 Å². The molecule has 0 spiro atoms. The maximum Gasteiger partial charge on any atom is 0.393 e. The minimum atomic E-state index is -3.89. The highest BCUT2D eigenvalue weighted by molar-refractivity contribution is 8.01. The molecule has 3 rings (SSSR count). The number of rotatable bonds is 8. The molecule has 2 aromatic carbocycles. The van der Waals surface area contributed by atoms with Gasteiger partial charge in [0.15, 0.2) is 0 Å². The Balaban J connectivity index is 1.70. The van der Waals surface area contributed by atoms with Gasteiger partial charge in [-0.2, -0.15) is 8.78 Å². The molecule has 0 radical (unpaired) electrons. The fourth-order valence-corrected chi connectivity index (χ4v) is 3.53. The van der Waals surface area contributed by atoms with E-state index >= 15 is 0 Å². The summed E-state index contributed by atoms with van der Waals surface area (Å²) in [6, 6.07) is 17.1. The van der Waals surface area contributed by atoms with Crippen molar-refractivity contribution in [3.05, 3.63) is 95.3 Å². The van der Waals surface area contributed by atoms with Crippen LogP contribution in [0.3, 0.4) is 0 Å². The van der Waals surface area contributed by atoms with Crippen LogP contribution in [0.25, 0.3) is 6.08 Å². The SMILES string of the molecule is Cc1ccc(C(=O)c2cccn2CC=Cc2cccc(SC(F)(F)C(=O)O)c2)cc1. The van der Waals surface area contributed by atoms with Gasteiger partial charge in [-0.3, -0.25) is 4.79 Å². The minimum Gasteiger partial charge on any atom is -0.476 e. The molecule has 0 aliphatic carbocycles. The Morgan fingerprint density at radius 1 is 1.10 bits per heavy atom. The van der Waals surface area contributed by atoms with Crippen LogP contribution in [0.15, 0.2) is 77.8 Å². The topological polar surface area (TPSA) is 59.3 Å². The lowest BCUT2D eigenvalue weighted by molar-refractivity contribution is -0.152. The van der Waals surface area contributed by atoms with Gasteiger partial charge in [0.05, 0.1) is 5.69 Å². The van der Waals surface area contributed by atoms with E-state index in [1.165, 1.54) is 12.1 Å². The highest BCUT2D eigenvalue weighted by Crippen LogP contribution is 2.36. The quantitative estimate of drug-likeness (QED) is 0.380. The molecule has 1 heterocycles. The molecule has 0 aliphatic rings. The Kier molecular flexibility index (Phi) is 6.52. The summed E-state index contributed by atoms with van der Waals surface area (Å²) in [4.78, 5) is 23.5. The van der Waals surface area contributed by atoms with E-state index in [1.54, 1.807) is 53.2 Å². The molecule has 7 heteroatoms. The largest absolute Gasteiger partial charge is 0.476 e. The summed E-state index contributed by atoms with van der Waals surface area (Å²) in [7, 11) is 0. The van der Waals surface area contributed by atoms with Crippen molar-refractivity contribution in [2.24, 2.45) is 0 Å². The maximum absolute atomic E-state index is 13.4. The van der Waals surface area contributed by atoms with Gasteiger partial charge in [-0.15, -0.1) is 0 Å². The summed E-state index contributed by atoms with van der Waals surface area (Å²) in [5, 5.41) is 4.68. The first-order chi connectivity index (χ1) is 14.3. The molecule has 30 heavy (non-hydrogen) atoms. The van der Waals surface area contributed by atoms with E-state index in [1.807, 2.05) is 25.1 Å². The van der Waals surface area contributed by atoms with E-state index in [4.69, 9.17) is 5.11 Å². The van der Waals surface area contributed by atoms with Crippen molar-refractivity contribution in [2.75, 3.05) is 0 Å². The van der Waals surface area contributed by atoms with Crippen LogP contribution in [0.2, 0.25) is 0 Å². The van der Waals surface area contributed by atoms with Gasteiger partial charge in [0.2, 0.25) is 5.78 Å². The van der Waals surface area contributed by atoms with E-state index in [2.05, 4.69) is 0 Å². The highest BCUT2D eigenvalue weighted by atomic mass is 32.2. The molecule has 154 valence electrons. The molecule has 0 fully saturated rings. The van der Waals surface area contributed by atoms with Crippen LogP contribution < -0.4 is 0 Å². The minimum absolute atomic E-state index is 0.0123. The first-order valence-corrected chi connectivity index (χ1v) is 9.91. The van der Waals surface area contributed by atoms with Crippen molar-refractivity contribution >= 4 is 29.6 Å². The van der Waals surface area contributed by atoms with Crippen LogP contribution >= 0.6 is 11.8 Å². The fraction of sp³-hybridized carbons (Fsp3) is 0.130. The van der Waals surface area contributed by atoms with Gasteiger partial charge < -0.3 is 9.67 Å². The van der Waals surface area contributed by atoms with E-state index in [-0.39, 0.29) is 22.4 Å². The van der Waals surface area contributed by atoms with E-state index in [9.17, 15) is 18.4 Å². The standard InChI is InChI=1S/C23H19F2NO3S/c1-16-9-11-18(12-10-16)21(27)20-8-4-14-26(20)13-3-6-17-5-2-7-19(15-17)30-23(24,25)22(28)29/h2-12,14-15H,13H2,1H3,(H,28,29). The van der Waals surface area contributed by atoms with Gasteiger partial charge in [-0.25, -0.2) is 4.79 Å². The molecule has 3 aromatic rings. The number of thioether (sulfide) groups is 1. The van der Waals surface area contributed by atoms with Gasteiger partial charge in [0.1, 0.15) is 0 Å². The Hall–Kier alpha value is -3.19. The number of alkyl halides is 2. The second-order valence-electron chi connectivity index (χ2n) is 6.64. The third-order valence-corrected chi connectivity index (χ3v) is 5.26. The lowest BCUT2D eigenvalue weighted by Gasteiger charge is -2.10. The number of allylic oxidation sites excluding steroid dienone is 1. The summed E-state index contributed by atoms with van der Waals surface area (Å²) in [5.41, 5.74) is 2.88. The van der Waals surface area contributed by atoms with E-state index in [0.717, 1.165) is 5.56 Å². The number of nitrogens with zero attached hydrogens (tertiary/aromatic N) is 1. The summed E-state index contributed by atoms with van der Waals surface area (Å²) < 4.78 is 28.6. The number of carbonyl (C=O) groups excluding carboxylic acids is 1. The number of aromatic nitrogens is 1. The zero-order valence-electron chi connectivity index (χ0n) is 16.1. The van der Waals surface area contributed by atoms with Crippen LogP contribution in [-0.4, -0.2) is 26.7 Å². The maximum atomic E-state index is 13.4. The third-order valence-electron chi connectivity index (χ3n) is 4.34. The van der Waals surface area contributed by atoms with Gasteiger partial charge in [0, 0.05) is 23.2 Å². The molecule has 0 unspecified atom stereocenters.